The lowest BCUT2D eigenvalue weighted by atomic mass is 9.71. The van der Waals surface area contributed by atoms with E-state index in [0.29, 0.717) is 12.2 Å². The number of likely N-dealkylation sites (tertiary alicyclic amines) is 1. The Hall–Kier alpha value is -2.72. The molecule has 1 aliphatic heterocycles. The van der Waals surface area contributed by atoms with E-state index in [1.165, 1.54) is 0 Å². The molecule has 2 fully saturated rings. The highest BCUT2D eigenvalue weighted by molar-refractivity contribution is 5.79. The average Bonchev–Trinajstić information content (AvgIpc) is 3.11. The fourth-order valence-corrected chi connectivity index (χ4v) is 4.04. The maximum Gasteiger partial charge on any atom is 0.408 e. The van der Waals surface area contributed by atoms with Gasteiger partial charge in [-0.1, -0.05) is 5.21 Å². The van der Waals surface area contributed by atoms with Gasteiger partial charge in [0.1, 0.15) is 6.04 Å². The lowest BCUT2D eigenvalue weighted by molar-refractivity contribution is -0.146. The lowest BCUT2D eigenvalue weighted by Gasteiger charge is -2.46. The number of hydrogen-bond donors (Lipinski definition) is 3. The summed E-state index contributed by atoms with van der Waals surface area (Å²) in [6.07, 6.45) is 1.98. The van der Waals surface area contributed by atoms with Gasteiger partial charge in [0.2, 0.25) is 6.41 Å². The van der Waals surface area contributed by atoms with Crippen molar-refractivity contribution in [1.29, 1.82) is 0 Å². The number of aromatic nitrogens is 4. The van der Waals surface area contributed by atoms with Gasteiger partial charge < -0.3 is 15.1 Å². The highest BCUT2D eigenvalue weighted by Crippen LogP contribution is 2.40. The van der Waals surface area contributed by atoms with Crippen LogP contribution in [0.5, 0.6) is 0 Å². The van der Waals surface area contributed by atoms with Crippen molar-refractivity contribution in [3.05, 3.63) is 5.82 Å². The summed E-state index contributed by atoms with van der Waals surface area (Å²) < 4.78 is 0. The Morgan fingerprint density at radius 1 is 1.28 bits per heavy atom. The Balaban J connectivity index is 1.68. The van der Waals surface area contributed by atoms with Gasteiger partial charge in [-0.3, -0.25) is 9.69 Å². The summed E-state index contributed by atoms with van der Waals surface area (Å²) in [5.41, 5.74) is 0. The van der Waals surface area contributed by atoms with Gasteiger partial charge in [0.15, 0.2) is 5.82 Å². The monoisotopic (exact) mass is 352 g/mol. The third-order valence-electron chi connectivity index (χ3n) is 5.29. The normalized spacial score (nSPS) is 28.9. The second-order valence-electron chi connectivity index (χ2n) is 6.62. The van der Waals surface area contributed by atoms with Crippen molar-refractivity contribution >= 4 is 18.5 Å². The minimum absolute atomic E-state index is 0.0388. The maximum absolute atomic E-state index is 11.5. The van der Waals surface area contributed by atoms with Crippen LogP contribution in [0.1, 0.15) is 31.5 Å². The molecule has 0 aromatic carbocycles. The van der Waals surface area contributed by atoms with Crippen LogP contribution in [0.15, 0.2) is 0 Å². The van der Waals surface area contributed by atoms with Crippen molar-refractivity contribution in [3.8, 4) is 0 Å². The van der Waals surface area contributed by atoms with Crippen LogP contribution < -0.4 is 0 Å². The molecular weight excluding hydrogens is 332 g/mol. The summed E-state index contributed by atoms with van der Waals surface area (Å²) in [6.45, 7) is 0.473. The molecule has 0 spiro atoms. The predicted molar refractivity (Wildman–Crippen MR) is 81.2 cm³/mol. The number of fused-ring (bicyclic) bond motifs is 1. The number of H-pyrrole nitrogens is 1. The number of amides is 2. The first kappa shape index (κ1) is 17.1. The van der Waals surface area contributed by atoms with E-state index in [1.54, 1.807) is 4.90 Å². The van der Waals surface area contributed by atoms with Gasteiger partial charge in [0, 0.05) is 12.6 Å². The number of carbonyl (C=O) groups excluding carboxylic acids is 1. The molecule has 1 aliphatic carbocycles. The number of tetrazole rings is 1. The van der Waals surface area contributed by atoms with E-state index in [4.69, 9.17) is 0 Å². The summed E-state index contributed by atoms with van der Waals surface area (Å²) in [4.78, 5) is 36.9. The molecule has 1 saturated heterocycles. The van der Waals surface area contributed by atoms with E-state index in [2.05, 4.69) is 20.6 Å². The van der Waals surface area contributed by atoms with Gasteiger partial charge in [-0.2, -0.15) is 5.21 Å². The first-order chi connectivity index (χ1) is 12.0. The number of aliphatic carboxylic acids is 1. The van der Waals surface area contributed by atoms with E-state index < -0.39 is 18.1 Å². The molecule has 4 atom stereocenters. The molecule has 2 aliphatic rings. The first-order valence-electron chi connectivity index (χ1n) is 8.15. The highest BCUT2D eigenvalue weighted by Gasteiger charge is 2.44. The number of nitrogens with zero attached hydrogens (tertiary/aromatic N) is 5. The number of carbonyl (C=O) groups is 3. The van der Waals surface area contributed by atoms with E-state index in [0.717, 1.165) is 24.2 Å². The summed E-state index contributed by atoms with van der Waals surface area (Å²) in [5.74, 6) is -0.509. The van der Waals surface area contributed by atoms with Crippen LogP contribution in [0.2, 0.25) is 0 Å². The number of carboxylic acid groups (broad SMARTS) is 2. The third kappa shape index (κ3) is 3.54. The van der Waals surface area contributed by atoms with Crippen molar-refractivity contribution < 1.29 is 24.6 Å². The predicted octanol–water partition coefficient (Wildman–Crippen LogP) is -0.220. The zero-order valence-corrected chi connectivity index (χ0v) is 13.5. The molecular formula is C14H20N6O5. The number of piperidine rings is 1. The van der Waals surface area contributed by atoms with Gasteiger partial charge in [0.25, 0.3) is 0 Å². The first-order valence-corrected chi connectivity index (χ1v) is 8.15. The molecule has 11 heteroatoms. The molecule has 3 rings (SSSR count). The van der Waals surface area contributed by atoms with Crippen molar-refractivity contribution in [3.63, 3.8) is 0 Å². The fraction of sp³-hybridized carbons (Fsp3) is 0.714. The SMILES string of the molecule is O=CN(Cc1nn[nH]n1)[C@H]1CC[C@H]2CN(C(=O)O)[C@H](C(=O)O)C[C@H]2C1. The summed E-state index contributed by atoms with van der Waals surface area (Å²) in [5, 5.41) is 32.1. The van der Waals surface area contributed by atoms with Gasteiger partial charge in [0.05, 0.1) is 6.54 Å². The molecule has 1 aromatic rings. The van der Waals surface area contributed by atoms with E-state index in [1.807, 2.05) is 0 Å². The Kier molecular flexibility index (Phi) is 4.81. The number of rotatable bonds is 5. The quantitative estimate of drug-likeness (QED) is 0.615. The molecule has 11 nitrogen and oxygen atoms in total. The zero-order chi connectivity index (χ0) is 18.0. The smallest absolute Gasteiger partial charge is 0.408 e. The highest BCUT2D eigenvalue weighted by atomic mass is 16.4. The van der Waals surface area contributed by atoms with Gasteiger partial charge in [-0.15, -0.1) is 10.2 Å². The van der Waals surface area contributed by atoms with Crippen LogP contribution in [-0.2, 0) is 16.1 Å². The fourth-order valence-electron chi connectivity index (χ4n) is 4.04. The Morgan fingerprint density at radius 2 is 2.08 bits per heavy atom. The minimum atomic E-state index is -1.19. The average molecular weight is 352 g/mol. The van der Waals surface area contributed by atoms with Crippen molar-refractivity contribution in [2.45, 2.75) is 44.3 Å². The molecule has 1 aromatic heterocycles. The van der Waals surface area contributed by atoms with Gasteiger partial charge in [-0.25, -0.2) is 9.59 Å². The topological polar surface area (TPSA) is 153 Å². The molecule has 1 saturated carbocycles. The summed E-state index contributed by atoms with van der Waals surface area (Å²) in [6, 6.07) is -1.07. The maximum atomic E-state index is 11.5. The molecule has 25 heavy (non-hydrogen) atoms. The molecule has 0 unspecified atom stereocenters. The molecule has 0 radical (unpaired) electrons. The van der Waals surface area contributed by atoms with Crippen LogP contribution in [0.25, 0.3) is 0 Å². The zero-order valence-electron chi connectivity index (χ0n) is 13.5. The number of carboxylic acids is 1. The Bertz CT molecular complexity index is 638. The van der Waals surface area contributed by atoms with Crippen molar-refractivity contribution in [1.82, 2.24) is 30.4 Å². The second kappa shape index (κ2) is 7.03. The van der Waals surface area contributed by atoms with E-state index >= 15 is 0 Å². The van der Waals surface area contributed by atoms with Crippen LogP contribution in [0.4, 0.5) is 4.79 Å². The number of aromatic amines is 1. The molecule has 0 bridgehead atoms. The number of nitrogens with one attached hydrogen (secondary N) is 1. The minimum Gasteiger partial charge on any atom is -0.480 e. The lowest BCUT2D eigenvalue weighted by Crippen LogP contribution is -2.55. The van der Waals surface area contributed by atoms with Crippen molar-refractivity contribution in [2.75, 3.05) is 6.54 Å². The summed E-state index contributed by atoms with van der Waals surface area (Å²) >= 11 is 0. The van der Waals surface area contributed by atoms with Crippen LogP contribution >= 0.6 is 0 Å². The number of hydrogen-bond acceptors (Lipinski definition) is 6. The van der Waals surface area contributed by atoms with Crippen LogP contribution in [-0.4, -0.2) is 77.7 Å². The second-order valence-corrected chi connectivity index (χ2v) is 6.62. The van der Waals surface area contributed by atoms with Gasteiger partial charge >= 0.3 is 12.1 Å². The Morgan fingerprint density at radius 3 is 2.68 bits per heavy atom. The molecule has 3 N–H and O–H groups in total. The van der Waals surface area contributed by atoms with Crippen LogP contribution in [0, 0.1) is 11.8 Å². The standard InChI is InChI=1S/C14H20N6O5/c21-7-19(6-12-15-17-18-16-12)10-2-1-8-5-20(14(24)25)11(13(22)23)4-9(8)3-10/h7-11H,1-6H2,(H,22,23)(H,24,25)(H,15,16,17,18)/t8-,9+,10-,11-/m0/s1. The Labute approximate surface area is 143 Å². The third-order valence-corrected chi connectivity index (χ3v) is 5.29. The van der Waals surface area contributed by atoms with Crippen molar-refractivity contribution in [2.24, 2.45) is 11.8 Å². The summed E-state index contributed by atoms with van der Waals surface area (Å²) in [7, 11) is 0. The van der Waals surface area contributed by atoms with E-state index in [9.17, 15) is 24.6 Å². The molecule has 2 heterocycles. The molecule has 2 amide bonds. The van der Waals surface area contributed by atoms with E-state index in [-0.39, 0.29) is 37.4 Å². The largest absolute Gasteiger partial charge is 0.480 e. The van der Waals surface area contributed by atoms with Gasteiger partial charge in [-0.05, 0) is 37.5 Å². The van der Waals surface area contributed by atoms with Crippen LogP contribution in [0.3, 0.4) is 0 Å². The molecule has 136 valence electrons.